The first-order valence-corrected chi connectivity index (χ1v) is 10.5. The third kappa shape index (κ3) is 4.23. The summed E-state index contributed by atoms with van der Waals surface area (Å²) >= 11 is 0. The maximum absolute atomic E-state index is 14.8. The van der Waals surface area contributed by atoms with Gasteiger partial charge in [0.15, 0.2) is 0 Å². The molecule has 0 aliphatic carbocycles. The normalized spacial score (nSPS) is 25.5. The Labute approximate surface area is 165 Å². The SMILES string of the molecule is CCOP(=O)(OCC)C(F)(F)C[C@H]1OC[C@@](OC)(n2cc(C)c(=O)[nH]c2=O)[C@@H]1O. The second-order valence-electron chi connectivity index (χ2n) is 6.49. The molecule has 0 radical (unpaired) electrons. The number of nitrogens with zero attached hydrogens (tertiary/aromatic N) is 1. The molecule has 0 saturated carbocycles. The summed E-state index contributed by atoms with van der Waals surface area (Å²) in [6, 6.07) is 0. The van der Waals surface area contributed by atoms with Crippen LogP contribution < -0.4 is 11.2 Å². The molecule has 0 amide bonds. The quantitative estimate of drug-likeness (QED) is 0.545. The van der Waals surface area contributed by atoms with Crippen molar-refractivity contribution in [2.75, 3.05) is 26.9 Å². The van der Waals surface area contributed by atoms with Gasteiger partial charge in [-0.2, -0.15) is 8.78 Å². The van der Waals surface area contributed by atoms with Crippen LogP contribution in [-0.2, 0) is 28.8 Å². The average Bonchev–Trinajstić information content (AvgIpc) is 2.95. The Kier molecular flexibility index (Phi) is 7.19. The van der Waals surface area contributed by atoms with E-state index in [0.717, 1.165) is 17.9 Å². The molecule has 0 aromatic carbocycles. The highest BCUT2D eigenvalue weighted by Crippen LogP contribution is 2.64. The molecule has 1 saturated heterocycles. The zero-order valence-electron chi connectivity index (χ0n) is 16.5. The summed E-state index contributed by atoms with van der Waals surface area (Å²) < 4.78 is 62.9. The Morgan fingerprint density at radius 2 is 1.97 bits per heavy atom. The number of halogens is 2. The average molecular weight is 442 g/mol. The summed E-state index contributed by atoms with van der Waals surface area (Å²) in [5.74, 6) is 0. The summed E-state index contributed by atoms with van der Waals surface area (Å²) in [6.07, 6.45) is -3.37. The third-order valence-corrected chi connectivity index (χ3v) is 6.83. The molecule has 3 atom stereocenters. The van der Waals surface area contributed by atoms with E-state index < -0.39 is 55.5 Å². The minimum atomic E-state index is -4.83. The predicted molar refractivity (Wildman–Crippen MR) is 97.2 cm³/mol. The van der Waals surface area contributed by atoms with Gasteiger partial charge in [-0.15, -0.1) is 0 Å². The lowest BCUT2D eigenvalue weighted by Gasteiger charge is -2.33. The zero-order chi connectivity index (χ0) is 22.0. The van der Waals surface area contributed by atoms with E-state index in [2.05, 4.69) is 4.98 Å². The Hall–Kier alpha value is -1.43. The van der Waals surface area contributed by atoms with Gasteiger partial charge in [0.05, 0.1) is 32.3 Å². The molecule has 1 aliphatic rings. The van der Waals surface area contributed by atoms with Gasteiger partial charge in [0.2, 0.25) is 5.72 Å². The van der Waals surface area contributed by atoms with Crippen LogP contribution in [0.25, 0.3) is 0 Å². The summed E-state index contributed by atoms with van der Waals surface area (Å²) in [4.78, 5) is 25.9. The van der Waals surface area contributed by atoms with Crippen molar-refractivity contribution in [1.82, 2.24) is 9.55 Å². The van der Waals surface area contributed by atoms with Gasteiger partial charge >= 0.3 is 18.9 Å². The second-order valence-corrected chi connectivity index (χ2v) is 8.65. The fourth-order valence-corrected chi connectivity index (χ4v) is 4.66. The zero-order valence-corrected chi connectivity index (χ0v) is 17.4. The van der Waals surface area contributed by atoms with Crippen LogP contribution in [0.15, 0.2) is 15.8 Å². The van der Waals surface area contributed by atoms with Gasteiger partial charge in [0.1, 0.15) is 6.10 Å². The van der Waals surface area contributed by atoms with E-state index in [-0.39, 0.29) is 18.8 Å². The Morgan fingerprint density at radius 3 is 2.48 bits per heavy atom. The highest BCUT2D eigenvalue weighted by molar-refractivity contribution is 7.55. The van der Waals surface area contributed by atoms with Crippen LogP contribution >= 0.6 is 7.60 Å². The number of aromatic nitrogens is 2. The number of aryl methyl sites for hydroxylation is 1. The van der Waals surface area contributed by atoms with Crippen LogP contribution in [0.3, 0.4) is 0 Å². The second kappa shape index (κ2) is 8.75. The molecule has 1 aliphatic heterocycles. The molecule has 166 valence electrons. The molecule has 0 spiro atoms. The molecule has 2 N–H and O–H groups in total. The maximum atomic E-state index is 14.8. The van der Waals surface area contributed by atoms with Gasteiger partial charge in [-0.05, 0) is 20.8 Å². The van der Waals surface area contributed by atoms with E-state index in [9.17, 15) is 28.0 Å². The fourth-order valence-electron chi connectivity index (χ4n) is 3.12. The number of alkyl halides is 2. The fraction of sp³-hybridized carbons (Fsp3) is 0.750. The van der Waals surface area contributed by atoms with Crippen molar-refractivity contribution in [2.45, 2.75) is 50.8 Å². The molecule has 29 heavy (non-hydrogen) atoms. The molecule has 10 nitrogen and oxygen atoms in total. The molecular formula is C16H25F2N2O8P. The van der Waals surface area contributed by atoms with Gasteiger partial charge in [-0.25, -0.2) is 4.79 Å². The van der Waals surface area contributed by atoms with Crippen molar-refractivity contribution >= 4 is 7.60 Å². The van der Waals surface area contributed by atoms with E-state index in [1.165, 1.54) is 20.8 Å². The van der Waals surface area contributed by atoms with Gasteiger partial charge in [0.25, 0.3) is 5.56 Å². The van der Waals surface area contributed by atoms with E-state index >= 15 is 0 Å². The van der Waals surface area contributed by atoms with E-state index in [0.29, 0.717) is 0 Å². The molecule has 0 unspecified atom stereocenters. The number of rotatable bonds is 9. The van der Waals surface area contributed by atoms with Crippen molar-refractivity contribution in [3.8, 4) is 0 Å². The number of hydrogen-bond donors (Lipinski definition) is 2. The van der Waals surface area contributed by atoms with Crippen molar-refractivity contribution in [2.24, 2.45) is 0 Å². The summed E-state index contributed by atoms with van der Waals surface area (Å²) in [7, 11) is -3.67. The number of nitrogens with one attached hydrogen (secondary N) is 1. The molecule has 1 aromatic rings. The monoisotopic (exact) mass is 442 g/mol. The molecule has 0 bridgehead atoms. The number of hydrogen-bond acceptors (Lipinski definition) is 8. The molecule has 1 aromatic heterocycles. The summed E-state index contributed by atoms with van der Waals surface area (Å²) in [5, 5.41) is 10.7. The molecule has 2 rings (SSSR count). The van der Waals surface area contributed by atoms with E-state index in [1.807, 2.05) is 0 Å². The van der Waals surface area contributed by atoms with Crippen LogP contribution in [0.4, 0.5) is 8.78 Å². The molecular weight excluding hydrogens is 417 g/mol. The van der Waals surface area contributed by atoms with Crippen molar-refractivity contribution in [1.29, 1.82) is 0 Å². The highest BCUT2D eigenvalue weighted by atomic mass is 31.2. The van der Waals surface area contributed by atoms with Gasteiger partial charge in [0, 0.05) is 18.9 Å². The predicted octanol–water partition coefficient (Wildman–Crippen LogP) is 1.15. The summed E-state index contributed by atoms with van der Waals surface area (Å²) in [6.45, 7) is 3.20. The third-order valence-electron chi connectivity index (χ3n) is 4.65. The van der Waals surface area contributed by atoms with Crippen LogP contribution in [0.1, 0.15) is 25.8 Å². The molecule has 1 fully saturated rings. The molecule has 2 heterocycles. The lowest BCUT2D eigenvalue weighted by atomic mass is 10.0. The smallest absolute Gasteiger partial charge is 0.385 e. The minimum absolute atomic E-state index is 0.138. The van der Waals surface area contributed by atoms with Crippen molar-refractivity contribution < 1.29 is 37.0 Å². The van der Waals surface area contributed by atoms with Crippen LogP contribution in [0, 0.1) is 6.92 Å². The largest absolute Gasteiger partial charge is 0.399 e. The van der Waals surface area contributed by atoms with Crippen LogP contribution in [-0.4, -0.2) is 59.5 Å². The number of ether oxygens (including phenoxy) is 2. The summed E-state index contributed by atoms with van der Waals surface area (Å²) in [5.41, 5.74) is -7.25. The number of aliphatic hydroxyl groups excluding tert-OH is 1. The standard InChI is InChI=1S/C16H25F2N2O8P/c1-5-27-29(24,28-6-2)16(17,18)7-11-12(21)15(25-4,9-26-11)20-8-10(3)13(22)19-14(20)23/h8,11-12,21H,5-7,9H2,1-4H3,(H,19,22,23)/t11-,12-,15+/m1/s1. The first-order chi connectivity index (χ1) is 13.5. The Balaban J connectivity index is 2.38. The Bertz CT molecular complexity index is 878. The lowest BCUT2D eigenvalue weighted by molar-refractivity contribution is -0.143. The van der Waals surface area contributed by atoms with Gasteiger partial charge in [-0.3, -0.25) is 18.9 Å². The number of methoxy groups -OCH3 is 1. The first-order valence-electron chi connectivity index (χ1n) is 8.93. The van der Waals surface area contributed by atoms with Crippen LogP contribution in [0.2, 0.25) is 0 Å². The van der Waals surface area contributed by atoms with Gasteiger partial charge in [-0.1, -0.05) is 0 Å². The van der Waals surface area contributed by atoms with E-state index in [1.54, 1.807) is 0 Å². The Morgan fingerprint density at radius 1 is 1.38 bits per heavy atom. The van der Waals surface area contributed by atoms with E-state index in [4.69, 9.17) is 18.5 Å². The first kappa shape index (κ1) is 23.8. The van der Waals surface area contributed by atoms with Gasteiger partial charge < -0.3 is 23.6 Å². The van der Waals surface area contributed by atoms with Crippen molar-refractivity contribution in [3.63, 3.8) is 0 Å². The highest BCUT2D eigenvalue weighted by Gasteiger charge is 2.60. The molecule has 13 heteroatoms. The minimum Gasteiger partial charge on any atom is -0.385 e. The topological polar surface area (TPSA) is 129 Å². The van der Waals surface area contributed by atoms with Crippen LogP contribution in [0.5, 0.6) is 0 Å². The number of aliphatic hydroxyl groups is 1. The lowest BCUT2D eigenvalue weighted by Crippen LogP contribution is -2.54. The maximum Gasteiger partial charge on any atom is 0.399 e. The number of aromatic amines is 1. The number of H-pyrrole nitrogens is 1. The van der Waals surface area contributed by atoms with Crippen molar-refractivity contribution in [3.05, 3.63) is 32.6 Å².